The van der Waals surface area contributed by atoms with Crippen LogP contribution in [0.2, 0.25) is 0 Å². The summed E-state index contributed by atoms with van der Waals surface area (Å²) in [6.07, 6.45) is 2.45. The second-order valence-electron chi connectivity index (χ2n) is 7.81. The summed E-state index contributed by atoms with van der Waals surface area (Å²) in [7, 11) is 0. The maximum Gasteiger partial charge on any atom is 0.222 e. The smallest absolute Gasteiger partial charge is 0.222 e. The van der Waals surface area contributed by atoms with Crippen LogP contribution in [0.4, 0.5) is 0 Å². The minimum absolute atomic E-state index is 0.161. The lowest BCUT2D eigenvalue weighted by Crippen LogP contribution is -2.33. The Labute approximate surface area is 191 Å². The summed E-state index contributed by atoms with van der Waals surface area (Å²) in [5, 5.41) is 9.35. The Hall–Kier alpha value is -3.42. The molecule has 164 valence electrons. The second kappa shape index (κ2) is 12.4. The van der Waals surface area contributed by atoms with Crippen molar-refractivity contribution >= 4 is 5.91 Å². The first kappa shape index (κ1) is 23.2. The number of ether oxygens (including phenoxy) is 1. The zero-order chi connectivity index (χ0) is 22.6. The average Bonchev–Trinajstić information content (AvgIpc) is 2.85. The number of carbonyl (C=O) groups is 1. The molecule has 0 unspecified atom stereocenters. The first-order valence-electron chi connectivity index (χ1n) is 11.2. The van der Waals surface area contributed by atoms with Crippen molar-refractivity contribution in [3.05, 3.63) is 95.6 Å². The number of hydrogen-bond acceptors (Lipinski definition) is 3. The summed E-state index contributed by atoms with van der Waals surface area (Å²) in [5.41, 5.74) is 4.78. The highest BCUT2D eigenvalue weighted by atomic mass is 16.5. The van der Waals surface area contributed by atoms with Gasteiger partial charge in [0.1, 0.15) is 0 Å². The van der Waals surface area contributed by atoms with Gasteiger partial charge in [-0.2, -0.15) is 5.26 Å². The molecule has 0 heterocycles. The summed E-state index contributed by atoms with van der Waals surface area (Å²) in [4.78, 5) is 14.7. The summed E-state index contributed by atoms with van der Waals surface area (Å²) < 4.78 is 5.82. The number of carbonyl (C=O) groups excluding carboxylic acids is 1. The van der Waals surface area contributed by atoms with Gasteiger partial charge in [-0.15, -0.1) is 0 Å². The van der Waals surface area contributed by atoms with Crippen molar-refractivity contribution in [2.24, 2.45) is 0 Å². The van der Waals surface area contributed by atoms with Gasteiger partial charge in [-0.25, -0.2) is 0 Å². The van der Waals surface area contributed by atoms with Crippen LogP contribution in [0.1, 0.15) is 42.9 Å². The maximum absolute atomic E-state index is 12.8. The van der Waals surface area contributed by atoms with Crippen molar-refractivity contribution in [3.63, 3.8) is 0 Å². The van der Waals surface area contributed by atoms with E-state index < -0.39 is 0 Å². The Morgan fingerprint density at radius 3 is 2.38 bits per heavy atom. The minimum Gasteiger partial charge on any atom is -0.375 e. The summed E-state index contributed by atoms with van der Waals surface area (Å²) in [6, 6.07) is 28.0. The van der Waals surface area contributed by atoms with Crippen LogP contribution >= 0.6 is 0 Å². The molecule has 0 bridgehead atoms. The summed E-state index contributed by atoms with van der Waals surface area (Å²) >= 11 is 0. The van der Waals surface area contributed by atoms with E-state index in [-0.39, 0.29) is 5.91 Å². The van der Waals surface area contributed by atoms with Crippen LogP contribution in [0.25, 0.3) is 11.1 Å². The highest BCUT2D eigenvalue weighted by Crippen LogP contribution is 2.24. The highest BCUT2D eigenvalue weighted by molar-refractivity contribution is 5.76. The van der Waals surface area contributed by atoms with Gasteiger partial charge >= 0.3 is 0 Å². The van der Waals surface area contributed by atoms with E-state index >= 15 is 0 Å². The number of amides is 1. The van der Waals surface area contributed by atoms with Crippen LogP contribution in [-0.2, 0) is 22.7 Å². The normalized spacial score (nSPS) is 10.5. The lowest BCUT2D eigenvalue weighted by Gasteiger charge is -2.23. The van der Waals surface area contributed by atoms with E-state index in [0.717, 1.165) is 35.1 Å². The van der Waals surface area contributed by atoms with E-state index in [1.165, 1.54) is 0 Å². The van der Waals surface area contributed by atoms with Crippen LogP contribution in [0.15, 0.2) is 78.9 Å². The molecule has 0 saturated heterocycles. The Balaban J connectivity index is 1.63. The largest absolute Gasteiger partial charge is 0.375 e. The van der Waals surface area contributed by atoms with Crippen LogP contribution in [0, 0.1) is 11.3 Å². The second-order valence-corrected chi connectivity index (χ2v) is 7.81. The van der Waals surface area contributed by atoms with E-state index in [1.807, 2.05) is 83.8 Å². The van der Waals surface area contributed by atoms with Crippen molar-refractivity contribution in [2.75, 3.05) is 13.2 Å². The Bertz CT molecular complexity index is 1020. The third-order valence-electron chi connectivity index (χ3n) is 5.40. The molecular weight excluding hydrogens is 396 g/mol. The zero-order valence-corrected chi connectivity index (χ0v) is 18.7. The minimum atomic E-state index is 0.161. The molecule has 0 saturated carbocycles. The van der Waals surface area contributed by atoms with Crippen LogP contribution in [0.3, 0.4) is 0 Å². The SMILES string of the molecule is CCCCC(=O)N(CCOCc1ccccc1)Cc1ccc(-c2ccccc2C#N)cc1. The Kier molecular flexibility index (Phi) is 9.04. The standard InChI is InChI=1S/C28H30N2O2/c1-2-3-13-28(31)30(18-19-32-22-24-9-5-4-6-10-24)21-23-14-16-25(17-15-23)27-12-8-7-11-26(27)20-29/h4-12,14-17H,2-3,13,18-19,21-22H2,1H3. The van der Waals surface area contributed by atoms with Crippen LogP contribution in [-0.4, -0.2) is 24.0 Å². The fraction of sp³-hybridized carbons (Fsp3) is 0.286. The summed E-state index contributed by atoms with van der Waals surface area (Å²) in [6.45, 7) is 4.26. The van der Waals surface area contributed by atoms with Gasteiger partial charge in [0.05, 0.1) is 24.8 Å². The molecule has 32 heavy (non-hydrogen) atoms. The lowest BCUT2D eigenvalue weighted by atomic mass is 9.99. The Morgan fingerprint density at radius 2 is 1.66 bits per heavy atom. The molecular formula is C28H30N2O2. The van der Waals surface area contributed by atoms with Crippen molar-refractivity contribution in [1.82, 2.24) is 4.90 Å². The van der Waals surface area contributed by atoms with E-state index in [4.69, 9.17) is 4.74 Å². The van der Waals surface area contributed by atoms with Gasteiger partial charge in [-0.1, -0.05) is 86.1 Å². The van der Waals surface area contributed by atoms with Gasteiger partial charge in [0.25, 0.3) is 0 Å². The Morgan fingerprint density at radius 1 is 0.938 bits per heavy atom. The summed E-state index contributed by atoms with van der Waals surface area (Å²) in [5.74, 6) is 0.161. The van der Waals surface area contributed by atoms with Gasteiger partial charge in [0.2, 0.25) is 5.91 Å². The fourth-order valence-electron chi connectivity index (χ4n) is 3.56. The quantitative estimate of drug-likeness (QED) is 0.355. The lowest BCUT2D eigenvalue weighted by molar-refractivity contribution is -0.132. The molecule has 0 aliphatic carbocycles. The van der Waals surface area contributed by atoms with Crippen molar-refractivity contribution in [1.29, 1.82) is 5.26 Å². The number of unbranched alkanes of at least 4 members (excludes halogenated alkanes) is 1. The third-order valence-corrected chi connectivity index (χ3v) is 5.40. The topological polar surface area (TPSA) is 53.3 Å². The van der Waals surface area contributed by atoms with Crippen molar-refractivity contribution in [3.8, 4) is 17.2 Å². The predicted octanol–water partition coefficient (Wildman–Crippen LogP) is 5.96. The third kappa shape index (κ3) is 6.80. The van der Waals surface area contributed by atoms with E-state index in [0.29, 0.717) is 38.3 Å². The van der Waals surface area contributed by atoms with E-state index in [9.17, 15) is 10.1 Å². The molecule has 3 rings (SSSR count). The molecule has 0 fully saturated rings. The molecule has 0 N–H and O–H groups in total. The monoisotopic (exact) mass is 426 g/mol. The first-order valence-corrected chi connectivity index (χ1v) is 11.2. The number of nitriles is 1. The van der Waals surface area contributed by atoms with Crippen molar-refractivity contribution in [2.45, 2.75) is 39.3 Å². The fourth-order valence-corrected chi connectivity index (χ4v) is 3.56. The van der Waals surface area contributed by atoms with Gasteiger partial charge in [-0.05, 0) is 34.7 Å². The molecule has 4 heteroatoms. The molecule has 0 radical (unpaired) electrons. The van der Waals surface area contributed by atoms with Crippen molar-refractivity contribution < 1.29 is 9.53 Å². The predicted molar refractivity (Wildman–Crippen MR) is 128 cm³/mol. The molecule has 3 aromatic carbocycles. The number of rotatable bonds is 11. The molecule has 4 nitrogen and oxygen atoms in total. The van der Waals surface area contributed by atoms with Gasteiger partial charge in [-0.3, -0.25) is 4.79 Å². The number of nitrogens with zero attached hydrogens (tertiary/aromatic N) is 2. The zero-order valence-electron chi connectivity index (χ0n) is 18.7. The maximum atomic E-state index is 12.8. The molecule has 0 atom stereocenters. The highest BCUT2D eigenvalue weighted by Gasteiger charge is 2.14. The number of hydrogen-bond donors (Lipinski definition) is 0. The first-order chi connectivity index (χ1) is 15.7. The molecule has 0 aromatic heterocycles. The van der Waals surface area contributed by atoms with E-state index in [1.54, 1.807) is 0 Å². The van der Waals surface area contributed by atoms with Crippen LogP contribution in [0.5, 0.6) is 0 Å². The van der Waals surface area contributed by atoms with Gasteiger partial charge < -0.3 is 9.64 Å². The molecule has 3 aromatic rings. The van der Waals surface area contributed by atoms with E-state index in [2.05, 4.69) is 13.0 Å². The molecule has 1 amide bonds. The van der Waals surface area contributed by atoms with Gasteiger partial charge in [0.15, 0.2) is 0 Å². The van der Waals surface area contributed by atoms with Crippen LogP contribution < -0.4 is 0 Å². The molecule has 0 aliphatic heterocycles. The molecule has 0 spiro atoms. The molecule has 0 aliphatic rings. The average molecular weight is 427 g/mol. The number of benzene rings is 3. The van der Waals surface area contributed by atoms with Gasteiger partial charge in [0, 0.05) is 19.5 Å².